The highest BCUT2D eigenvalue weighted by atomic mass is 79.9. The Morgan fingerprint density at radius 1 is 1.43 bits per heavy atom. The number of fused-ring (bicyclic) bond motifs is 1. The molecule has 2 aliphatic heterocycles. The van der Waals surface area contributed by atoms with Crippen molar-refractivity contribution < 1.29 is 9.59 Å². The van der Waals surface area contributed by atoms with Gasteiger partial charge in [0.2, 0.25) is 0 Å². The fraction of sp³-hybridized carbons (Fsp3) is 0.308. The Morgan fingerprint density at radius 3 is 2.90 bits per heavy atom. The lowest BCUT2D eigenvalue weighted by Crippen LogP contribution is -2.63. The second-order valence-corrected chi connectivity index (χ2v) is 6.07. The molecule has 0 aliphatic carbocycles. The van der Waals surface area contributed by atoms with Gasteiger partial charge in [0.25, 0.3) is 5.91 Å². The van der Waals surface area contributed by atoms with Gasteiger partial charge in [0.1, 0.15) is 0 Å². The molecular weight excluding hydrogens is 360 g/mol. The number of nitrogens with one attached hydrogen (secondary N) is 1. The summed E-state index contributed by atoms with van der Waals surface area (Å²) in [6.07, 6.45) is -0.514. The topological polar surface area (TPSA) is 65.0 Å². The van der Waals surface area contributed by atoms with Crippen molar-refractivity contribution in [2.75, 3.05) is 7.05 Å². The van der Waals surface area contributed by atoms with E-state index in [1.807, 2.05) is 23.1 Å². The quantitative estimate of drug-likeness (QED) is 0.806. The summed E-state index contributed by atoms with van der Waals surface area (Å²) in [5.74, 6) is -0.344. The summed E-state index contributed by atoms with van der Waals surface area (Å²) >= 11 is 9.35. The largest absolute Gasteiger partial charge is 0.331 e. The van der Waals surface area contributed by atoms with Crippen molar-refractivity contribution in [1.82, 2.24) is 15.1 Å². The zero-order chi connectivity index (χ0) is 15.1. The van der Waals surface area contributed by atoms with Crippen molar-refractivity contribution in [3.63, 3.8) is 0 Å². The van der Waals surface area contributed by atoms with E-state index in [4.69, 9.17) is 11.6 Å². The molecule has 2 unspecified atom stereocenters. The van der Waals surface area contributed by atoms with Crippen LogP contribution in [0, 0.1) is 0 Å². The molecule has 21 heavy (non-hydrogen) atoms. The number of imide groups is 1. The summed E-state index contributed by atoms with van der Waals surface area (Å²) in [6, 6.07) is 6.43. The number of carbonyl (C=O) groups is 2. The molecular formula is C13H12BrClN4O2. The van der Waals surface area contributed by atoms with E-state index in [0.717, 1.165) is 5.56 Å². The molecule has 1 aromatic carbocycles. The fourth-order valence-corrected chi connectivity index (χ4v) is 3.26. The van der Waals surface area contributed by atoms with Crippen LogP contribution in [0.4, 0.5) is 4.79 Å². The van der Waals surface area contributed by atoms with Crippen LogP contribution < -0.4 is 5.32 Å². The van der Waals surface area contributed by atoms with E-state index in [2.05, 4.69) is 26.2 Å². The molecule has 0 aromatic heterocycles. The highest BCUT2D eigenvalue weighted by Crippen LogP contribution is 2.28. The summed E-state index contributed by atoms with van der Waals surface area (Å²) in [6.45, 7) is 0.473. The number of halogens is 2. The Hall–Kier alpha value is -1.60. The number of likely N-dealkylation sites (N-methyl/N-ethyl adjacent to an activating group) is 1. The first-order chi connectivity index (χ1) is 9.97. The van der Waals surface area contributed by atoms with Crippen molar-refractivity contribution >= 4 is 44.2 Å². The van der Waals surface area contributed by atoms with E-state index in [9.17, 15) is 9.59 Å². The average Bonchev–Trinajstić information content (AvgIpc) is 2.74. The first-order valence-electron chi connectivity index (χ1n) is 6.29. The normalized spacial score (nSPS) is 24.8. The van der Waals surface area contributed by atoms with Gasteiger partial charge in [-0.25, -0.2) is 9.79 Å². The van der Waals surface area contributed by atoms with Crippen molar-refractivity contribution in [1.29, 1.82) is 0 Å². The second-order valence-electron chi connectivity index (χ2n) is 4.92. The van der Waals surface area contributed by atoms with E-state index in [0.29, 0.717) is 16.3 Å². The lowest BCUT2D eigenvalue weighted by atomic mass is 10.1. The van der Waals surface area contributed by atoms with E-state index in [1.165, 1.54) is 4.90 Å². The molecule has 1 N–H and O–H groups in total. The van der Waals surface area contributed by atoms with E-state index < -0.39 is 18.2 Å². The van der Waals surface area contributed by atoms with Crippen LogP contribution >= 0.6 is 27.5 Å². The Bertz CT molecular complexity index is 651. The zero-order valence-electron chi connectivity index (χ0n) is 11.1. The molecule has 1 saturated heterocycles. The van der Waals surface area contributed by atoms with Crippen molar-refractivity contribution in [3.8, 4) is 0 Å². The van der Waals surface area contributed by atoms with E-state index >= 15 is 0 Å². The van der Waals surface area contributed by atoms with Crippen molar-refractivity contribution in [3.05, 3.63) is 34.9 Å². The number of amidine groups is 1. The lowest BCUT2D eigenvalue weighted by Gasteiger charge is -2.35. The van der Waals surface area contributed by atoms with Gasteiger partial charge in [-0.1, -0.05) is 23.7 Å². The van der Waals surface area contributed by atoms with Crippen molar-refractivity contribution in [2.45, 2.75) is 18.8 Å². The molecule has 0 saturated carbocycles. The molecule has 3 amide bonds. The number of benzene rings is 1. The van der Waals surface area contributed by atoms with Crippen LogP contribution in [0.15, 0.2) is 29.3 Å². The summed E-state index contributed by atoms with van der Waals surface area (Å²) < 4.78 is 0.550. The van der Waals surface area contributed by atoms with Gasteiger partial charge in [-0.15, -0.1) is 0 Å². The van der Waals surface area contributed by atoms with E-state index in [1.54, 1.807) is 13.1 Å². The van der Waals surface area contributed by atoms with Gasteiger partial charge in [0.05, 0.1) is 0 Å². The predicted octanol–water partition coefficient (Wildman–Crippen LogP) is 1.78. The zero-order valence-corrected chi connectivity index (χ0v) is 13.4. The number of hydrogen-bond donors (Lipinski definition) is 1. The van der Waals surface area contributed by atoms with Gasteiger partial charge in [0.15, 0.2) is 17.0 Å². The second kappa shape index (κ2) is 5.31. The highest BCUT2D eigenvalue weighted by Gasteiger charge is 2.47. The SMILES string of the molecule is CN1C(=O)NC(=O)C2C1N=C(Br)N2Cc1cccc(Cl)c1. The van der Waals surface area contributed by atoms with Gasteiger partial charge in [-0.2, -0.15) is 0 Å². The van der Waals surface area contributed by atoms with Gasteiger partial charge < -0.3 is 9.80 Å². The van der Waals surface area contributed by atoms with E-state index in [-0.39, 0.29) is 5.91 Å². The molecule has 8 heteroatoms. The molecule has 2 aliphatic rings. The maximum Gasteiger partial charge on any atom is 0.325 e. The number of urea groups is 1. The molecule has 0 bridgehead atoms. The third-order valence-corrected chi connectivity index (χ3v) is 4.45. The van der Waals surface area contributed by atoms with Crippen LogP contribution in [0.1, 0.15) is 5.56 Å². The molecule has 1 fully saturated rings. The minimum Gasteiger partial charge on any atom is -0.331 e. The minimum atomic E-state index is -0.541. The molecule has 2 atom stereocenters. The Kier molecular flexibility index (Phi) is 3.62. The molecule has 6 nitrogen and oxygen atoms in total. The number of carbonyl (C=O) groups excluding carboxylic acids is 2. The summed E-state index contributed by atoms with van der Waals surface area (Å²) in [4.78, 5) is 31.4. The lowest BCUT2D eigenvalue weighted by molar-refractivity contribution is -0.127. The van der Waals surface area contributed by atoms with Crippen LogP contribution in [0.2, 0.25) is 5.02 Å². The van der Waals surface area contributed by atoms with Crippen LogP contribution in [-0.4, -0.2) is 45.7 Å². The smallest absolute Gasteiger partial charge is 0.325 e. The fourth-order valence-electron chi connectivity index (χ4n) is 2.49. The number of nitrogens with zero attached hydrogens (tertiary/aromatic N) is 3. The predicted molar refractivity (Wildman–Crippen MR) is 82.2 cm³/mol. The first kappa shape index (κ1) is 14.3. The van der Waals surface area contributed by atoms with Crippen LogP contribution in [0.3, 0.4) is 0 Å². The van der Waals surface area contributed by atoms with Gasteiger partial charge in [-0.05, 0) is 33.6 Å². The maximum atomic E-state index is 12.1. The Balaban J connectivity index is 1.88. The molecule has 1 aromatic rings. The number of rotatable bonds is 2. The standard InChI is InChI=1S/C13H12BrClN4O2/c1-18-10-9(11(20)17-13(18)21)19(12(14)16-10)6-7-3-2-4-8(15)5-7/h2-5,9-10H,6H2,1H3,(H,17,20,21). The Labute approximate surface area is 134 Å². The van der Waals surface area contributed by atoms with Gasteiger partial charge in [-0.3, -0.25) is 10.1 Å². The summed E-state index contributed by atoms with van der Waals surface area (Å²) in [7, 11) is 1.62. The van der Waals surface area contributed by atoms with Crippen LogP contribution in [0.25, 0.3) is 0 Å². The Morgan fingerprint density at radius 2 is 2.19 bits per heavy atom. The van der Waals surface area contributed by atoms with Gasteiger partial charge in [0, 0.05) is 18.6 Å². The summed E-state index contributed by atoms with van der Waals surface area (Å²) in [5, 5.41) is 2.97. The minimum absolute atomic E-state index is 0.344. The average molecular weight is 372 g/mol. The summed E-state index contributed by atoms with van der Waals surface area (Å²) in [5.41, 5.74) is 0.961. The maximum absolute atomic E-state index is 12.1. The number of aliphatic imine (C=N–C) groups is 1. The van der Waals surface area contributed by atoms with Gasteiger partial charge >= 0.3 is 6.03 Å². The van der Waals surface area contributed by atoms with Crippen LogP contribution in [-0.2, 0) is 11.3 Å². The highest BCUT2D eigenvalue weighted by molar-refractivity contribution is 9.18. The third kappa shape index (κ3) is 2.51. The molecule has 0 spiro atoms. The number of amides is 3. The monoisotopic (exact) mass is 370 g/mol. The van der Waals surface area contributed by atoms with Crippen molar-refractivity contribution in [2.24, 2.45) is 4.99 Å². The molecule has 110 valence electrons. The first-order valence-corrected chi connectivity index (χ1v) is 7.46. The number of hydrogen-bond acceptors (Lipinski definition) is 4. The molecule has 3 rings (SSSR count). The third-order valence-electron chi connectivity index (χ3n) is 3.55. The van der Waals surface area contributed by atoms with Crippen LogP contribution in [0.5, 0.6) is 0 Å². The molecule has 0 radical (unpaired) electrons. The molecule has 2 heterocycles.